The zero-order valence-electron chi connectivity index (χ0n) is 8.29. The predicted octanol–water partition coefficient (Wildman–Crippen LogP) is 1.95. The number of aryl methyl sites for hydroxylation is 1. The fraction of sp³-hybridized carbons (Fsp3) is 0.273. The van der Waals surface area contributed by atoms with Gasteiger partial charge in [-0.25, -0.2) is 0 Å². The van der Waals surface area contributed by atoms with Gasteiger partial charge in [0, 0.05) is 13.0 Å². The van der Waals surface area contributed by atoms with Crippen LogP contribution >= 0.6 is 11.6 Å². The average Bonchev–Trinajstić information content (AvgIpc) is 2.52. The van der Waals surface area contributed by atoms with E-state index in [0.29, 0.717) is 17.3 Å². The van der Waals surface area contributed by atoms with Crippen LogP contribution in [0.1, 0.15) is 12.0 Å². The molecule has 1 fully saturated rings. The smallest absolute Gasteiger partial charge is 0.294 e. The molecule has 0 atom stereocenters. The Kier molecular flexibility index (Phi) is 2.49. The first-order valence-electron chi connectivity index (χ1n) is 4.70. The second-order valence-electron chi connectivity index (χ2n) is 3.58. The molecule has 1 aliphatic rings. The molecule has 4 heteroatoms. The Hall–Kier alpha value is -1.35. The number of benzene rings is 1. The summed E-state index contributed by atoms with van der Waals surface area (Å²) in [6, 6.07) is 5.43. The standard InChI is InChI=1S/C11H10ClNO2/c1-7-2-3-8(12)9(6-7)13-5-4-10(14)11(13)15/h2-3,6H,4-5H2,1H3. The fourth-order valence-electron chi connectivity index (χ4n) is 1.63. The summed E-state index contributed by atoms with van der Waals surface area (Å²) in [6.45, 7) is 2.35. The molecule has 0 aromatic heterocycles. The topological polar surface area (TPSA) is 37.4 Å². The highest BCUT2D eigenvalue weighted by Crippen LogP contribution is 2.29. The van der Waals surface area contributed by atoms with Crippen LogP contribution < -0.4 is 4.90 Å². The first-order chi connectivity index (χ1) is 7.09. The Morgan fingerprint density at radius 1 is 1.33 bits per heavy atom. The van der Waals surface area contributed by atoms with Crippen LogP contribution in [-0.2, 0) is 9.59 Å². The molecular formula is C11H10ClNO2. The number of ketones is 1. The van der Waals surface area contributed by atoms with E-state index in [0.717, 1.165) is 5.56 Å². The summed E-state index contributed by atoms with van der Waals surface area (Å²) in [7, 11) is 0. The van der Waals surface area contributed by atoms with Crippen LogP contribution in [0.25, 0.3) is 0 Å². The summed E-state index contributed by atoms with van der Waals surface area (Å²) in [5.74, 6) is -0.796. The lowest BCUT2D eigenvalue weighted by Crippen LogP contribution is -2.27. The van der Waals surface area contributed by atoms with Gasteiger partial charge in [-0.1, -0.05) is 17.7 Å². The van der Waals surface area contributed by atoms with Crippen molar-refractivity contribution in [3.8, 4) is 0 Å². The highest BCUT2D eigenvalue weighted by Gasteiger charge is 2.31. The van der Waals surface area contributed by atoms with Gasteiger partial charge in [-0.2, -0.15) is 0 Å². The van der Waals surface area contributed by atoms with Gasteiger partial charge in [0.2, 0.25) is 5.78 Å². The van der Waals surface area contributed by atoms with Crippen molar-refractivity contribution in [1.29, 1.82) is 0 Å². The van der Waals surface area contributed by atoms with E-state index in [2.05, 4.69) is 0 Å². The third-order valence-electron chi connectivity index (χ3n) is 2.44. The van der Waals surface area contributed by atoms with E-state index in [1.165, 1.54) is 4.90 Å². The molecule has 1 heterocycles. The Bertz CT molecular complexity index is 442. The molecule has 3 nitrogen and oxygen atoms in total. The summed E-state index contributed by atoms with van der Waals surface area (Å²) >= 11 is 5.98. The Morgan fingerprint density at radius 3 is 2.67 bits per heavy atom. The molecule has 78 valence electrons. The van der Waals surface area contributed by atoms with E-state index in [4.69, 9.17) is 11.6 Å². The summed E-state index contributed by atoms with van der Waals surface area (Å²) in [5.41, 5.74) is 1.65. The number of rotatable bonds is 1. The molecule has 1 aromatic carbocycles. The summed E-state index contributed by atoms with van der Waals surface area (Å²) in [5, 5.41) is 0.503. The third kappa shape index (κ3) is 1.75. The first-order valence-corrected chi connectivity index (χ1v) is 5.08. The average molecular weight is 224 g/mol. The van der Waals surface area contributed by atoms with Gasteiger partial charge in [0.25, 0.3) is 5.91 Å². The number of hydrogen-bond donors (Lipinski definition) is 0. The molecule has 1 amide bonds. The van der Waals surface area contributed by atoms with Gasteiger partial charge in [0.1, 0.15) is 0 Å². The zero-order valence-corrected chi connectivity index (χ0v) is 9.04. The van der Waals surface area contributed by atoms with Crippen molar-refractivity contribution in [3.63, 3.8) is 0 Å². The number of halogens is 1. The highest BCUT2D eigenvalue weighted by molar-refractivity contribution is 6.45. The molecule has 0 aliphatic carbocycles. The molecule has 1 aliphatic heterocycles. The maximum Gasteiger partial charge on any atom is 0.294 e. The van der Waals surface area contributed by atoms with Crippen LogP contribution in [0.5, 0.6) is 0 Å². The number of amides is 1. The quantitative estimate of drug-likeness (QED) is 0.683. The van der Waals surface area contributed by atoms with Crippen LogP contribution in [0.4, 0.5) is 5.69 Å². The van der Waals surface area contributed by atoms with Crippen LogP contribution in [0.2, 0.25) is 5.02 Å². The van der Waals surface area contributed by atoms with Crippen molar-refractivity contribution in [3.05, 3.63) is 28.8 Å². The second-order valence-corrected chi connectivity index (χ2v) is 3.99. The Balaban J connectivity index is 2.42. The second kappa shape index (κ2) is 3.66. The molecule has 0 bridgehead atoms. The van der Waals surface area contributed by atoms with E-state index in [-0.39, 0.29) is 12.2 Å². The number of carbonyl (C=O) groups excluding carboxylic acids is 2. The minimum atomic E-state index is -0.456. The van der Waals surface area contributed by atoms with Crippen molar-refractivity contribution in [2.75, 3.05) is 11.4 Å². The molecule has 15 heavy (non-hydrogen) atoms. The molecule has 0 unspecified atom stereocenters. The molecule has 1 saturated heterocycles. The predicted molar refractivity (Wildman–Crippen MR) is 58.2 cm³/mol. The SMILES string of the molecule is Cc1ccc(Cl)c(N2CCC(=O)C2=O)c1. The van der Waals surface area contributed by atoms with Crippen LogP contribution in [0, 0.1) is 6.92 Å². The van der Waals surface area contributed by atoms with Gasteiger partial charge in [-0.05, 0) is 24.6 Å². The van der Waals surface area contributed by atoms with Crippen LogP contribution in [0.15, 0.2) is 18.2 Å². The number of Topliss-reactive ketones (excluding diaryl/α,β-unsaturated/α-hetero) is 1. The van der Waals surface area contributed by atoms with Crippen molar-refractivity contribution >= 4 is 29.0 Å². The number of nitrogens with zero attached hydrogens (tertiary/aromatic N) is 1. The van der Waals surface area contributed by atoms with Gasteiger partial charge in [0.15, 0.2) is 0 Å². The van der Waals surface area contributed by atoms with Gasteiger partial charge in [-0.3, -0.25) is 9.59 Å². The summed E-state index contributed by atoms with van der Waals surface area (Å²) < 4.78 is 0. The monoisotopic (exact) mass is 223 g/mol. The summed E-state index contributed by atoms with van der Waals surface area (Å²) in [4.78, 5) is 24.0. The van der Waals surface area contributed by atoms with Crippen LogP contribution in [-0.4, -0.2) is 18.2 Å². The van der Waals surface area contributed by atoms with E-state index in [1.54, 1.807) is 6.07 Å². The van der Waals surface area contributed by atoms with E-state index < -0.39 is 5.91 Å². The third-order valence-corrected chi connectivity index (χ3v) is 2.76. The number of carbonyl (C=O) groups is 2. The lowest BCUT2D eigenvalue weighted by atomic mass is 10.2. The molecule has 0 saturated carbocycles. The van der Waals surface area contributed by atoms with Crippen molar-refractivity contribution in [2.45, 2.75) is 13.3 Å². The normalized spacial score (nSPS) is 16.3. The maximum absolute atomic E-state index is 11.5. The molecule has 0 spiro atoms. The Labute approximate surface area is 92.6 Å². The fourth-order valence-corrected chi connectivity index (χ4v) is 1.85. The Morgan fingerprint density at radius 2 is 2.07 bits per heavy atom. The lowest BCUT2D eigenvalue weighted by Gasteiger charge is -2.16. The van der Waals surface area contributed by atoms with Gasteiger partial charge in [0.05, 0.1) is 10.7 Å². The lowest BCUT2D eigenvalue weighted by molar-refractivity contribution is -0.133. The number of anilines is 1. The van der Waals surface area contributed by atoms with Crippen molar-refractivity contribution in [2.24, 2.45) is 0 Å². The largest absolute Gasteiger partial charge is 0.304 e. The minimum absolute atomic E-state index is 0.281. The van der Waals surface area contributed by atoms with Crippen molar-refractivity contribution < 1.29 is 9.59 Å². The summed E-state index contributed by atoms with van der Waals surface area (Å²) in [6.07, 6.45) is 0.281. The molecular weight excluding hydrogens is 214 g/mol. The molecule has 0 N–H and O–H groups in total. The van der Waals surface area contributed by atoms with Crippen LogP contribution in [0.3, 0.4) is 0 Å². The zero-order chi connectivity index (χ0) is 11.0. The molecule has 0 radical (unpaired) electrons. The minimum Gasteiger partial charge on any atom is -0.304 e. The maximum atomic E-state index is 11.5. The van der Waals surface area contributed by atoms with Gasteiger partial charge in [-0.15, -0.1) is 0 Å². The first kappa shape index (κ1) is 10.2. The van der Waals surface area contributed by atoms with Gasteiger partial charge >= 0.3 is 0 Å². The number of hydrogen-bond acceptors (Lipinski definition) is 2. The van der Waals surface area contributed by atoms with E-state index in [9.17, 15) is 9.59 Å². The molecule has 2 rings (SSSR count). The van der Waals surface area contributed by atoms with Crippen molar-refractivity contribution in [1.82, 2.24) is 0 Å². The van der Waals surface area contributed by atoms with Gasteiger partial charge < -0.3 is 4.90 Å². The van der Waals surface area contributed by atoms with E-state index in [1.807, 2.05) is 19.1 Å². The molecule has 1 aromatic rings. The van der Waals surface area contributed by atoms with E-state index >= 15 is 0 Å². The highest BCUT2D eigenvalue weighted by atomic mass is 35.5.